The summed E-state index contributed by atoms with van der Waals surface area (Å²) in [6.45, 7) is 0. The molecule has 0 radical (unpaired) electrons. The largest absolute Gasteiger partial charge is 0.351 e. The number of carbonyl (C=O) groups is 1. The van der Waals surface area contributed by atoms with Gasteiger partial charge in [-0.25, -0.2) is 0 Å². The number of anilines is 1. The van der Waals surface area contributed by atoms with Crippen molar-refractivity contribution >= 4 is 39.2 Å². The molecular formula is C14H11BrN2O. The van der Waals surface area contributed by atoms with Crippen LogP contribution in [-0.2, 0) is 11.8 Å². The van der Waals surface area contributed by atoms with E-state index in [9.17, 15) is 4.79 Å². The Morgan fingerprint density at radius 2 is 2.17 bits per heavy atom. The van der Waals surface area contributed by atoms with Crippen LogP contribution in [0.1, 0.15) is 11.3 Å². The summed E-state index contributed by atoms with van der Waals surface area (Å²) in [5.74, 6) is -0.0516. The molecule has 18 heavy (non-hydrogen) atoms. The minimum absolute atomic E-state index is 0.0516. The maximum absolute atomic E-state index is 12.0. The molecule has 1 N–H and O–H groups in total. The molecule has 2 heterocycles. The summed E-state index contributed by atoms with van der Waals surface area (Å²) < 4.78 is 2.95. The van der Waals surface area contributed by atoms with E-state index in [0.717, 1.165) is 21.4 Å². The zero-order valence-electron chi connectivity index (χ0n) is 9.77. The number of halogens is 1. The Balaban J connectivity index is 2.14. The average Bonchev–Trinajstić information content (AvgIpc) is 2.86. The number of hydrogen-bond acceptors (Lipinski definition) is 1. The molecule has 2 aromatic rings. The van der Waals surface area contributed by atoms with E-state index in [-0.39, 0.29) is 5.91 Å². The highest BCUT2D eigenvalue weighted by molar-refractivity contribution is 9.10. The van der Waals surface area contributed by atoms with Gasteiger partial charge >= 0.3 is 0 Å². The van der Waals surface area contributed by atoms with Crippen LogP contribution in [0.2, 0.25) is 0 Å². The highest BCUT2D eigenvalue weighted by Gasteiger charge is 2.24. The lowest BCUT2D eigenvalue weighted by Crippen LogP contribution is -2.03. The Morgan fingerprint density at radius 1 is 1.33 bits per heavy atom. The van der Waals surface area contributed by atoms with Gasteiger partial charge in [-0.3, -0.25) is 4.79 Å². The zero-order chi connectivity index (χ0) is 12.7. The van der Waals surface area contributed by atoms with Crippen molar-refractivity contribution in [3.8, 4) is 0 Å². The molecule has 0 aliphatic carbocycles. The van der Waals surface area contributed by atoms with Gasteiger partial charge in [0.1, 0.15) is 0 Å². The van der Waals surface area contributed by atoms with Crippen LogP contribution < -0.4 is 5.32 Å². The van der Waals surface area contributed by atoms with Crippen molar-refractivity contribution in [1.82, 2.24) is 4.57 Å². The predicted octanol–water partition coefficient (Wildman–Crippen LogP) is 3.28. The first-order valence-corrected chi connectivity index (χ1v) is 6.39. The number of rotatable bonds is 1. The van der Waals surface area contributed by atoms with Gasteiger partial charge < -0.3 is 9.88 Å². The van der Waals surface area contributed by atoms with Gasteiger partial charge in [-0.05, 0) is 36.4 Å². The third kappa shape index (κ3) is 1.78. The van der Waals surface area contributed by atoms with Crippen molar-refractivity contribution in [3.63, 3.8) is 0 Å². The van der Waals surface area contributed by atoms with Crippen molar-refractivity contribution in [3.05, 3.63) is 52.3 Å². The lowest BCUT2D eigenvalue weighted by atomic mass is 10.1. The fraction of sp³-hybridized carbons (Fsp3) is 0.0714. The lowest BCUT2D eigenvalue weighted by Gasteiger charge is -2.00. The SMILES string of the molecule is Cn1cccc1C=C1C(=O)Nc2ccc(Br)cc21. The molecule has 1 amide bonds. The Bertz CT molecular complexity index is 670. The summed E-state index contributed by atoms with van der Waals surface area (Å²) >= 11 is 3.43. The lowest BCUT2D eigenvalue weighted by molar-refractivity contribution is -0.110. The minimum atomic E-state index is -0.0516. The van der Waals surface area contributed by atoms with Crippen molar-refractivity contribution in [2.24, 2.45) is 7.05 Å². The maximum Gasteiger partial charge on any atom is 0.256 e. The molecule has 0 unspecified atom stereocenters. The van der Waals surface area contributed by atoms with Crippen molar-refractivity contribution in [2.45, 2.75) is 0 Å². The molecule has 4 heteroatoms. The van der Waals surface area contributed by atoms with Crippen LogP contribution in [0, 0.1) is 0 Å². The molecular weight excluding hydrogens is 292 g/mol. The fourth-order valence-electron chi connectivity index (χ4n) is 2.08. The molecule has 0 fully saturated rings. The van der Waals surface area contributed by atoms with E-state index in [2.05, 4.69) is 21.2 Å². The second-order valence-electron chi connectivity index (χ2n) is 4.25. The van der Waals surface area contributed by atoms with E-state index in [1.165, 1.54) is 0 Å². The van der Waals surface area contributed by atoms with Gasteiger partial charge in [-0.15, -0.1) is 0 Å². The van der Waals surface area contributed by atoms with E-state index in [1.807, 2.05) is 54.2 Å². The molecule has 0 saturated carbocycles. The van der Waals surface area contributed by atoms with Crippen LogP contribution in [0.3, 0.4) is 0 Å². The minimum Gasteiger partial charge on any atom is -0.351 e. The number of amides is 1. The monoisotopic (exact) mass is 302 g/mol. The highest BCUT2D eigenvalue weighted by Crippen LogP contribution is 2.34. The second kappa shape index (κ2) is 4.14. The van der Waals surface area contributed by atoms with Gasteiger partial charge in [0.15, 0.2) is 0 Å². The number of aryl methyl sites for hydroxylation is 1. The third-order valence-corrected chi connectivity index (χ3v) is 3.53. The number of fused-ring (bicyclic) bond motifs is 1. The number of nitrogens with zero attached hydrogens (tertiary/aromatic N) is 1. The van der Waals surface area contributed by atoms with Crippen molar-refractivity contribution in [1.29, 1.82) is 0 Å². The van der Waals surface area contributed by atoms with Crippen molar-refractivity contribution in [2.75, 3.05) is 5.32 Å². The average molecular weight is 303 g/mol. The maximum atomic E-state index is 12.0. The smallest absolute Gasteiger partial charge is 0.256 e. The van der Waals surface area contributed by atoms with Crippen LogP contribution in [-0.4, -0.2) is 10.5 Å². The predicted molar refractivity (Wildman–Crippen MR) is 76.1 cm³/mol. The third-order valence-electron chi connectivity index (χ3n) is 3.04. The van der Waals surface area contributed by atoms with E-state index >= 15 is 0 Å². The Labute approximate surface area is 113 Å². The van der Waals surface area contributed by atoms with E-state index < -0.39 is 0 Å². The molecule has 1 aromatic carbocycles. The molecule has 1 aromatic heterocycles. The quantitative estimate of drug-likeness (QED) is 0.806. The van der Waals surface area contributed by atoms with Gasteiger partial charge in [0.05, 0.1) is 5.57 Å². The van der Waals surface area contributed by atoms with E-state index in [0.29, 0.717) is 5.57 Å². The first-order chi connectivity index (χ1) is 8.65. The van der Waals surface area contributed by atoms with Gasteiger partial charge in [0.25, 0.3) is 5.91 Å². The summed E-state index contributed by atoms with van der Waals surface area (Å²) in [5, 5.41) is 2.87. The highest BCUT2D eigenvalue weighted by atomic mass is 79.9. The summed E-state index contributed by atoms with van der Waals surface area (Å²) in [6.07, 6.45) is 3.87. The summed E-state index contributed by atoms with van der Waals surface area (Å²) in [6, 6.07) is 9.73. The van der Waals surface area contributed by atoms with Gasteiger partial charge in [0, 0.05) is 34.7 Å². The number of carbonyl (C=O) groups excluding carboxylic acids is 1. The molecule has 1 aliphatic rings. The normalized spacial score (nSPS) is 15.9. The molecule has 0 spiro atoms. The summed E-state index contributed by atoms with van der Waals surface area (Å²) in [7, 11) is 1.96. The number of aromatic nitrogens is 1. The standard InChI is InChI=1S/C14H11BrN2O/c1-17-6-2-3-10(17)8-12-11-7-9(15)4-5-13(11)16-14(12)18/h2-8H,1H3,(H,16,18). The molecule has 3 rings (SSSR count). The van der Waals surface area contributed by atoms with Crippen LogP contribution in [0.5, 0.6) is 0 Å². The molecule has 90 valence electrons. The second-order valence-corrected chi connectivity index (χ2v) is 5.16. The molecule has 0 bridgehead atoms. The number of nitrogens with one attached hydrogen (secondary N) is 1. The van der Waals surface area contributed by atoms with Crippen molar-refractivity contribution < 1.29 is 4.79 Å². The Hall–Kier alpha value is -1.81. The topological polar surface area (TPSA) is 34.0 Å². The Morgan fingerprint density at radius 3 is 2.89 bits per heavy atom. The molecule has 3 nitrogen and oxygen atoms in total. The van der Waals surface area contributed by atoms with Crippen LogP contribution in [0.15, 0.2) is 41.0 Å². The summed E-state index contributed by atoms with van der Waals surface area (Å²) in [4.78, 5) is 12.0. The van der Waals surface area contributed by atoms with Gasteiger partial charge in [0.2, 0.25) is 0 Å². The fourth-order valence-corrected chi connectivity index (χ4v) is 2.44. The first-order valence-electron chi connectivity index (χ1n) is 5.59. The van der Waals surface area contributed by atoms with Gasteiger partial charge in [-0.1, -0.05) is 15.9 Å². The zero-order valence-corrected chi connectivity index (χ0v) is 11.4. The summed E-state index contributed by atoms with van der Waals surface area (Å²) in [5.41, 5.74) is 3.51. The van der Waals surface area contributed by atoms with Crippen LogP contribution in [0.25, 0.3) is 11.6 Å². The first kappa shape index (κ1) is 11.3. The molecule has 0 saturated heterocycles. The molecule has 0 atom stereocenters. The van der Waals surface area contributed by atoms with Crippen LogP contribution >= 0.6 is 15.9 Å². The van der Waals surface area contributed by atoms with Gasteiger partial charge in [-0.2, -0.15) is 0 Å². The van der Waals surface area contributed by atoms with E-state index in [4.69, 9.17) is 0 Å². The van der Waals surface area contributed by atoms with Crippen LogP contribution in [0.4, 0.5) is 5.69 Å². The van der Waals surface area contributed by atoms with E-state index in [1.54, 1.807) is 0 Å². The number of hydrogen-bond donors (Lipinski definition) is 1. The number of benzene rings is 1. The Kier molecular flexibility index (Phi) is 2.59. The molecule has 1 aliphatic heterocycles.